The number of aryl methyl sites for hydroxylation is 1. The first kappa shape index (κ1) is 14.7. The fraction of sp³-hybridized carbons (Fsp3) is 0.286. The molecule has 0 radical (unpaired) electrons. The van der Waals surface area contributed by atoms with E-state index in [2.05, 4.69) is 36.5 Å². The molecule has 0 fully saturated rings. The molecule has 2 rings (SSSR count). The fourth-order valence-corrected chi connectivity index (χ4v) is 1.98. The number of hydrogen-bond acceptors (Lipinski definition) is 4. The monoisotopic (exact) mass is 338 g/mol. The van der Waals surface area contributed by atoms with Gasteiger partial charge in [-0.1, -0.05) is 13.0 Å². The number of rotatable bonds is 5. The van der Waals surface area contributed by atoms with Gasteiger partial charge in [-0.2, -0.15) is 4.98 Å². The second kappa shape index (κ2) is 6.65. The third-order valence-electron chi connectivity index (χ3n) is 2.65. The lowest BCUT2D eigenvalue weighted by atomic mass is 10.2. The molecule has 1 aromatic carbocycles. The summed E-state index contributed by atoms with van der Waals surface area (Å²) in [7, 11) is 0. The highest BCUT2D eigenvalue weighted by atomic mass is 79.9. The normalized spacial score (nSPS) is 10.4. The van der Waals surface area contributed by atoms with Gasteiger partial charge in [-0.05, 0) is 47.0 Å². The van der Waals surface area contributed by atoms with Crippen LogP contribution in [-0.4, -0.2) is 16.5 Å². The third kappa shape index (κ3) is 3.66. The van der Waals surface area contributed by atoms with Gasteiger partial charge in [-0.25, -0.2) is 9.37 Å². The van der Waals surface area contributed by atoms with E-state index in [9.17, 15) is 4.39 Å². The van der Waals surface area contributed by atoms with Crippen LogP contribution in [0.3, 0.4) is 0 Å². The average Bonchev–Trinajstić information content (AvgIpc) is 2.43. The van der Waals surface area contributed by atoms with E-state index in [0.717, 1.165) is 34.9 Å². The smallest absolute Gasteiger partial charge is 0.224 e. The summed E-state index contributed by atoms with van der Waals surface area (Å²) in [5.41, 5.74) is 1.85. The number of halogens is 2. The van der Waals surface area contributed by atoms with Crippen molar-refractivity contribution in [3.8, 4) is 0 Å². The molecule has 0 bridgehead atoms. The lowest BCUT2D eigenvalue weighted by molar-refractivity contribution is 0.619. The van der Waals surface area contributed by atoms with Crippen molar-refractivity contribution in [3.05, 3.63) is 40.2 Å². The second-order valence-corrected chi connectivity index (χ2v) is 5.28. The molecule has 0 spiro atoms. The molecule has 0 saturated heterocycles. The Bertz CT molecular complexity index is 604. The van der Waals surface area contributed by atoms with Gasteiger partial charge in [-0.15, -0.1) is 0 Å². The minimum Gasteiger partial charge on any atom is -0.354 e. The van der Waals surface area contributed by atoms with Crippen LogP contribution in [0.4, 0.5) is 21.8 Å². The molecule has 4 nitrogen and oxygen atoms in total. The van der Waals surface area contributed by atoms with E-state index >= 15 is 0 Å². The zero-order valence-corrected chi connectivity index (χ0v) is 13.0. The van der Waals surface area contributed by atoms with Crippen LogP contribution in [0.25, 0.3) is 0 Å². The summed E-state index contributed by atoms with van der Waals surface area (Å²) in [6.07, 6.45) is 2.12. The number of nitrogens with one attached hydrogen (secondary N) is 2. The Labute approximate surface area is 126 Å². The Morgan fingerprint density at radius 2 is 2.15 bits per heavy atom. The summed E-state index contributed by atoms with van der Waals surface area (Å²) < 4.78 is 14.6. The van der Waals surface area contributed by atoms with Crippen LogP contribution >= 0.6 is 15.9 Å². The van der Waals surface area contributed by atoms with Crippen molar-refractivity contribution in [2.45, 2.75) is 20.3 Å². The maximum absolute atomic E-state index is 13.8. The van der Waals surface area contributed by atoms with Crippen LogP contribution in [0, 0.1) is 12.7 Å². The van der Waals surface area contributed by atoms with Gasteiger partial charge in [0.25, 0.3) is 0 Å². The van der Waals surface area contributed by atoms with Gasteiger partial charge in [0.2, 0.25) is 5.95 Å². The van der Waals surface area contributed by atoms with Gasteiger partial charge < -0.3 is 10.6 Å². The number of benzene rings is 1. The van der Waals surface area contributed by atoms with E-state index in [4.69, 9.17) is 0 Å². The van der Waals surface area contributed by atoms with E-state index in [1.54, 1.807) is 0 Å². The van der Waals surface area contributed by atoms with Gasteiger partial charge >= 0.3 is 0 Å². The summed E-state index contributed by atoms with van der Waals surface area (Å²) in [5.74, 6) is 0.0879. The Hall–Kier alpha value is -1.69. The Morgan fingerprint density at radius 3 is 2.90 bits per heavy atom. The van der Waals surface area contributed by atoms with E-state index < -0.39 is 5.82 Å². The predicted octanol–water partition coefficient (Wildman–Crippen LogP) is 4.25. The average molecular weight is 339 g/mol. The molecular weight excluding hydrogens is 323 g/mol. The number of nitrogens with zero attached hydrogens (tertiary/aromatic N) is 2. The van der Waals surface area contributed by atoms with Crippen LogP contribution in [-0.2, 0) is 0 Å². The van der Waals surface area contributed by atoms with Crippen molar-refractivity contribution in [2.24, 2.45) is 0 Å². The first-order valence-electron chi connectivity index (χ1n) is 6.39. The molecule has 6 heteroatoms. The van der Waals surface area contributed by atoms with Gasteiger partial charge in [0.05, 0.1) is 11.9 Å². The molecule has 0 saturated carbocycles. The van der Waals surface area contributed by atoms with Gasteiger partial charge in [-0.3, -0.25) is 0 Å². The van der Waals surface area contributed by atoms with Crippen LogP contribution in [0.1, 0.15) is 18.9 Å². The molecule has 1 aromatic heterocycles. The lowest BCUT2D eigenvalue weighted by Gasteiger charge is -2.11. The Morgan fingerprint density at radius 1 is 1.35 bits per heavy atom. The minimum atomic E-state index is -0.486. The number of aromatic nitrogens is 2. The molecule has 0 aliphatic carbocycles. The summed E-state index contributed by atoms with van der Waals surface area (Å²) >= 11 is 3.43. The van der Waals surface area contributed by atoms with Gasteiger partial charge in [0.15, 0.2) is 11.6 Å². The highest BCUT2D eigenvalue weighted by molar-refractivity contribution is 9.10. The van der Waals surface area contributed by atoms with Crippen LogP contribution in [0.2, 0.25) is 0 Å². The fourth-order valence-electron chi connectivity index (χ4n) is 1.64. The second-order valence-electron chi connectivity index (χ2n) is 4.43. The maximum atomic E-state index is 13.8. The van der Waals surface area contributed by atoms with Crippen molar-refractivity contribution in [2.75, 3.05) is 17.2 Å². The van der Waals surface area contributed by atoms with Crippen molar-refractivity contribution in [3.63, 3.8) is 0 Å². The highest BCUT2D eigenvalue weighted by Crippen LogP contribution is 2.27. The summed E-state index contributed by atoms with van der Waals surface area (Å²) in [4.78, 5) is 8.06. The number of anilines is 3. The van der Waals surface area contributed by atoms with Gasteiger partial charge in [0.1, 0.15) is 0 Å². The molecule has 0 unspecified atom stereocenters. The standard InChI is InChI=1S/C14H16BrFN4/c1-3-6-17-14-18-8-11(16)13(20-14)19-12-7-9(2)4-5-10(12)15/h4-5,7-8H,3,6H2,1-2H3,(H2,17,18,19,20). The summed E-state index contributed by atoms with van der Waals surface area (Å²) in [6.45, 7) is 4.76. The summed E-state index contributed by atoms with van der Waals surface area (Å²) in [5, 5.41) is 6.02. The maximum Gasteiger partial charge on any atom is 0.224 e. The van der Waals surface area contributed by atoms with Crippen molar-refractivity contribution in [1.29, 1.82) is 0 Å². The van der Waals surface area contributed by atoms with Crippen molar-refractivity contribution in [1.82, 2.24) is 9.97 Å². The quantitative estimate of drug-likeness (QED) is 0.855. The van der Waals surface area contributed by atoms with Crippen LogP contribution in [0.5, 0.6) is 0 Å². The first-order chi connectivity index (χ1) is 9.60. The molecule has 2 N–H and O–H groups in total. The highest BCUT2D eigenvalue weighted by Gasteiger charge is 2.09. The van der Waals surface area contributed by atoms with Crippen LogP contribution in [0.15, 0.2) is 28.9 Å². The van der Waals surface area contributed by atoms with E-state index in [1.165, 1.54) is 0 Å². The predicted molar refractivity (Wildman–Crippen MR) is 82.9 cm³/mol. The molecule has 2 aromatic rings. The molecular formula is C14H16BrFN4. The molecule has 1 heterocycles. The molecule has 0 aliphatic heterocycles. The topological polar surface area (TPSA) is 49.8 Å². The largest absolute Gasteiger partial charge is 0.354 e. The lowest BCUT2D eigenvalue weighted by Crippen LogP contribution is -2.07. The van der Waals surface area contributed by atoms with E-state index in [-0.39, 0.29) is 5.82 Å². The minimum absolute atomic E-state index is 0.157. The third-order valence-corrected chi connectivity index (χ3v) is 3.34. The first-order valence-corrected chi connectivity index (χ1v) is 7.19. The zero-order valence-electron chi connectivity index (χ0n) is 11.4. The van der Waals surface area contributed by atoms with Crippen molar-refractivity contribution < 1.29 is 4.39 Å². The van der Waals surface area contributed by atoms with Crippen molar-refractivity contribution >= 4 is 33.4 Å². The van der Waals surface area contributed by atoms with Crippen LogP contribution < -0.4 is 10.6 Å². The zero-order chi connectivity index (χ0) is 14.5. The Kier molecular flexibility index (Phi) is 4.89. The Balaban J connectivity index is 2.25. The van der Waals surface area contributed by atoms with E-state index in [1.807, 2.05) is 32.0 Å². The SMILES string of the molecule is CCCNc1ncc(F)c(Nc2cc(C)ccc2Br)n1. The molecule has 0 aliphatic rings. The van der Waals surface area contributed by atoms with Gasteiger partial charge in [0, 0.05) is 11.0 Å². The van der Waals surface area contributed by atoms with E-state index in [0.29, 0.717) is 5.95 Å². The molecule has 0 atom stereocenters. The number of hydrogen-bond donors (Lipinski definition) is 2. The summed E-state index contributed by atoms with van der Waals surface area (Å²) in [6, 6.07) is 5.80. The molecule has 20 heavy (non-hydrogen) atoms. The molecule has 106 valence electrons. The molecule has 0 amide bonds.